The van der Waals surface area contributed by atoms with E-state index in [-0.39, 0.29) is 17.0 Å². The van der Waals surface area contributed by atoms with Gasteiger partial charge in [-0.25, -0.2) is 4.79 Å². The van der Waals surface area contributed by atoms with Gasteiger partial charge in [0.25, 0.3) is 0 Å². The van der Waals surface area contributed by atoms with E-state index in [2.05, 4.69) is 32.7 Å². The number of pyridine rings is 1. The Bertz CT molecular complexity index is 455. The van der Waals surface area contributed by atoms with Gasteiger partial charge in [-0.3, -0.25) is 4.98 Å². The first-order valence-electron chi connectivity index (χ1n) is 6.93. The maximum absolute atomic E-state index is 12.2. The monoisotopic (exact) mass is 261 g/mol. The van der Waals surface area contributed by atoms with Crippen molar-refractivity contribution >= 4 is 5.97 Å². The van der Waals surface area contributed by atoms with Gasteiger partial charge < -0.3 is 4.74 Å². The second kappa shape index (κ2) is 4.95. The summed E-state index contributed by atoms with van der Waals surface area (Å²) >= 11 is 0. The third-order valence-corrected chi connectivity index (χ3v) is 3.77. The highest BCUT2D eigenvalue weighted by molar-refractivity contribution is 5.89. The standard InChI is InChI=1S/C16H23NO2/c1-12-8-15(2,3)11-16(4,9-12)19-14(18)13-6-5-7-17-10-13/h5-7,10,12H,8-9,11H2,1-4H3/t12-,16+/m0/s1. The van der Waals surface area contributed by atoms with Crippen LogP contribution in [0.2, 0.25) is 0 Å². The summed E-state index contributed by atoms with van der Waals surface area (Å²) in [5, 5.41) is 0. The van der Waals surface area contributed by atoms with E-state index < -0.39 is 0 Å². The van der Waals surface area contributed by atoms with Gasteiger partial charge >= 0.3 is 5.97 Å². The second-order valence-corrected chi connectivity index (χ2v) is 6.94. The van der Waals surface area contributed by atoms with E-state index in [0.717, 1.165) is 12.8 Å². The topological polar surface area (TPSA) is 39.2 Å². The van der Waals surface area contributed by atoms with Gasteiger partial charge in [0.1, 0.15) is 5.60 Å². The fourth-order valence-electron chi connectivity index (χ4n) is 3.75. The van der Waals surface area contributed by atoms with Crippen LogP contribution in [0.1, 0.15) is 57.3 Å². The lowest BCUT2D eigenvalue weighted by atomic mass is 9.66. The number of carbonyl (C=O) groups excluding carboxylic acids is 1. The Morgan fingerprint density at radius 2 is 2.11 bits per heavy atom. The predicted molar refractivity (Wildman–Crippen MR) is 74.9 cm³/mol. The highest BCUT2D eigenvalue weighted by atomic mass is 16.6. The molecule has 3 heteroatoms. The largest absolute Gasteiger partial charge is 0.456 e. The molecule has 0 N–H and O–H groups in total. The molecule has 0 amide bonds. The van der Waals surface area contributed by atoms with Crippen molar-refractivity contribution in [2.24, 2.45) is 11.3 Å². The van der Waals surface area contributed by atoms with Crippen molar-refractivity contribution in [3.8, 4) is 0 Å². The highest BCUT2D eigenvalue weighted by Crippen LogP contribution is 2.45. The smallest absolute Gasteiger partial charge is 0.340 e. The number of esters is 1. The van der Waals surface area contributed by atoms with E-state index >= 15 is 0 Å². The number of hydrogen-bond donors (Lipinski definition) is 0. The summed E-state index contributed by atoms with van der Waals surface area (Å²) in [6.45, 7) is 8.79. The third-order valence-electron chi connectivity index (χ3n) is 3.77. The Morgan fingerprint density at radius 3 is 2.68 bits per heavy atom. The van der Waals surface area contributed by atoms with Gasteiger partial charge in [0.2, 0.25) is 0 Å². The molecule has 0 spiro atoms. The lowest BCUT2D eigenvalue weighted by molar-refractivity contribution is -0.0659. The molecule has 2 rings (SSSR count). The molecule has 2 atom stereocenters. The number of aromatic nitrogens is 1. The first kappa shape index (κ1) is 14.0. The maximum atomic E-state index is 12.2. The molecule has 1 fully saturated rings. The molecule has 1 aromatic rings. The minimum absolute atomic E-state index is 0.224. The molecule has 0 aromatic carbocycles. The molecule has 0 aliphatic heterocycles. The van der Waals surface area contributed by atoms with Gasteiger partial charge in [-0.2, -0.15) is 0 Å². The summed E-state index contributed by atoms with van der Waals surface area (Å²) in [4.78, 5) is 16.1. The van der Waals surface area contributed by atoms with Crippen LogP contribution in [0.25, 0.3) is 0 Å². The van der Waals surface area contributed by atoms with Crippen molar-refractivity contribution < 1.29 is 9.53 Å². The number of hydrogen-bond acceptors (Lipinski definition) is 3. The van der Waals surface area contributed by atoms with Crippen LogP contribution in [0.3, 0.4) is 0 Å². The molecule has 0 bridgehead atoms. The zero-order chi connectivity index (χ0) is 14.1. The van der Waals surface area contributed by atoms with Gasteiger partial charge in [-0.05, 0) is 49.7 Å². The normalized spacial score (nSPS) is 29.8. The summed E-state index contributed by atoms with van der Waals surface area (Å²) in [6, 6.07) is 3.50. The summed E-state index contributed by atoms with van der Waals surface area (Å²) < 4.78 is 5.79. The molecule has 19 heavy (non-hydrogen) atoms. The number of rotatable bonds is 2. The molecule has 1 heterocycles. The zero-order valence-corrected chi connectivity index (χ0v) is 12.3. The van der Waals surface area contributed by atoms with Crippen molar-refractivity contribution in [1.29, 1.82) is 0 Å². The van der Waals surface area contributed by atoms with Crippen LogP contribution in [-0.4, -0.2) is 16.6 Å². The lowest BCUT2D eigenvalue weighted by Crippen LogP contribution is -2.43. The van der Waals surface area contributed by atoms with Crippen molar-refractivity contribution in [3.05, 3.63) is 30.1 Å². The highest BCUT2D eigenvalue weighted by Gasteiger charge is 2.42. The first-order chi connectivity index (χ1) is 8.80. The fourth-order valence-corrected chi connectivity index (χ4v) is 3.75. The van der Waals surface area contributed by atoms with Gasteiger partial charge in [-0.1, -0.05) is 20.8 Å². The Balaban J connectivity index is 2.11. The fraction of sp³-hybridized carbons (Fsp3) is 0.625. The van der Waals surface area contributed by atoms with Crippen LogP contribution in [0.5, 0.6) is 0 Å². The van der Waals surface area contributed by atoms with Gasteiger partial charge in [0, 0.05) is 12.4 Å². The molecule has 1 aliphatic carbocycles. The van der Waals surface area contributed by atoms with Crippen molar-refractivity contribution in [2.75, 3.05) is 0 Å². The van der Waals surface area contributed by atoms with Crippen LogP contribution in [0.4, 0.5) is 0 Å². The Kier molecular flexibility index (Phi) is 3.66. The molecule has 0 unspecified atom stereocenters. The minimum atomic E-state index is -0.367. The average Bonchev–Trinajstić information content (AvgIpc) is 2.26. The van der Waals surface area contributed by atoms with Crippen LogP contribution < -0.4 is 0 Å². The van der Waals surface area contributed by atoms with Gasteiger partial charge in [-0.15, -0.1) is 0 Å². The maximum Gasteiger partial charge on any atom is 0.340 e. The lowest BCUT2D eigenvalue weighted by Gasteiger charge is -2.45. The molecule has 1 aliphatic rings. The van der Waals surface area contributed by atoms with Crippen LogP contribution in [0.15, 0.2) is 24.5 Å². The average molecular weight is 261 g/mol. The van der Waals surface area contributed by atoms with Crippen molar-refractivity contribution in [3.63, 3.8) is 0 Å². The summed E-state index contributed by atoms with van der Waals surface area (Å²) in [5.41, 5.74) is 0.384. The summed E-state index contributed by atoms with van der Waals surface area (Å²) in [5.74, 6) is 0.316. The molecule has 1 saturated carbocycles. The van der Waals surface area contributed by atoms with E-state index in [4.69, 9.17) is 4.74 Å². The van der Waals surface area contributed by atoms with Gasteiger partial charge in [0.15, 0.2) is 0 Å². The summed E-state index contributed by atoms with van der Waals surface area (Å²) in [7, 11) is 0. The molecular formula is C16H23NO2. The van der Waals surface area contributed by atoms with E-state index in [1.54, 1.807) is 24.5 Å². The molecule has 1 aromatic heterocycles. The number of carbonyl (C=O) groups is 1. The zero-order valence-electron chi connectivity index (χ0n) is 12.3. The Labute approximate surface area is 115 Å². The van der Waals surface area contributed by atoms with E-state index in [1.165, 1.54) is 6.42 Å². The number of ether oxygens (including phenoxy) is 1. The van der Waals surface area contributed by atoms with Crippen LogP contribution in [-0.2, 0) is 4.74 Å². The number of nitrogens with zero attached hydrogens (tertiary/aromatic N) is 1. The third kappa shape index (κ3) is 3.55. The molecule has 0 saturated heterocycles. The van der Waals surface area contributed by atoms with Crippen molar-refractivity contribution in [1.82, 2.24) is 4.98 Å². The van der Waals surface area contributed by atoms with Crippen molar-refractivity contribution in [2.45, 2.75) is 52.6 Å². The quantitative estimate of drug-likeness (QED) is 0.759. The predicted octanol–water partition coefficient (Wildman–Crippen LogP) is 3.84. The van der Waals surface area contributed by atoms with Gasteiger partial charge in [0.05, 0.1) is 5.56 Å². The van der Waals surface area contributed by atoms with E-state index in [0.29, 0.717) is 11.5 Å². The molecular weight excluding hydrogens is 238 g/mol. The molecule has 3 nitrogen and oxygen atoms in total. The second-order valence-electron chi connectivity index (χ2n) is 6.94. The van der Waals surface area contributed by atoms with E-state index in [1.807, 2.05) is 0 Å². The Hall–Kier alpha value is -1.38. The van der Waals surface area contributed by atoms with Crippen LogP contribution >= 0.6 is 0 Å². The SMILES string of the molecule is C[C@H]1CC(C)(C)C[C@](C)(OC(=O)c2cccnc2)C1. The molecule has 104 valence electrons. The summed E-state index contributed by atoms with van der Waals surface area (Å²) in [6.07, 6.45) is 6.25. The first-order valence-corrected chi connectivity index (χ1v) is 6.93. The Morgan fingerprint density at radius 1 is 1.37 bits per heavy atom. The van der Waals surface area contributed by atoms with Crippen LogP contribution in [0, 0.1) is 11.3 Å². The van der Waals surface area contributed by atoms with E-state index in [9.17, 15) is 4.79 Å². The molecule has 0 radical (unpaired) electrons. The minimum Gasteiger partial charge on any atom is -0.456 e.